The van der Waals surface area contributed by atoms with E-state index in [9.17, 15) is 9.59 Å². The van der Waals surface area contributed by atoms with E-state index in [1.54, 1.807) is 24.3 Å². The average Bonchev–Trinajstić information content (AvgIpc) is 2.39. The van der Waals surface area contributed by atoms with Gasteiger partial charge in [-0.2, -0.15) is 0 Å². The molecule has 0 aliphatic rings. The molecule has 0 atom stereocenters. The van der Waals surface area contributed by atoms with Crippen molar-refractivity contribution in [2.24, 2.45) is 5.92 Å². The number of nitrogens with two attached hydrogens (primary N) is 1. The third kappa shape index (κ3) is 6.22. The van der Waals surface area contributed by atoms with Gasteiger partial charge in [0, 0.05) is 12.2 Å². The molecular weight excluding hydrogens is 256 g/mol. The van der Waals surface area contributed by atoms with Crippen LogP contribution in [-0.2, 0) is 20.7 Å². The molecular formula is C15H22N2O3. The van der Waals surface area contributed by atoms with E-state index in [2.05, 4.69) is 19.2 Å². The minimum atomic E-state index is -0.457. The van der Waals surface area contributed by atoms with E-state index in [0.29, 0.717) is 23.7 Å². The number of carbonyl (C=O) groups is 2. The van der Waals surface area contributed by atoms with Crippen LogP contribution in [0, 0.1) is 5.92 Å². The van der Waals surface area contributed by atoms with Crippen LogP contribution in [0.2, 0.25) is 0 Å². The first kappa shape index (κ1) is 16.0. The van der Waals surface area contributed by atoms with E-state index in [1.165, 1.54) is 0 Å². The number of hydrogen-bond acceptors (Lipinski definition) is 4. The van der Waals surface area contributed by atoms with Gasteiger partial charge in [0.05, 0.1) is 6.42 Å². The van der Waals surface area contributed by atoms with Crippen LogP contribution in [-0.4, -0.2) is 25.0 Å². The highest BCUT2D eigenvalue weighted by atomic mass is 16.5. The number of anilines is 1. The standard InChI is InChI=1S/C15H22N2O3/c1-11(2)7-8-17-14(18)10-20-15(19)9-12-5-3-4-6-13(12)16/h3-6,11H,7-10,16H2,1-2H3,(H,17,18). The van der Waals surface area contributed by atoms with Crippen molar-refractivity contribution in [2.75, 3.05) is 18.9 Å². The van der Waals surface area contributed by atoms with Gasteiger partial charge in [-0.3, -0.25) is 9.59 Å². The van der Waals surface area contributed by atoms with Crippen LogP contribution in [0.4, 0.5) is 5.69 Å². The van der Waals surface area contributed by atoms with Gasteiger partial charge >= 0.3 is 5.97 Å². The van der Waals surface area contributed by atoms with Crippen LogP contribution in [0.3, 0.4) is 0 Å². The van der Waals surface area contributed by atoms with E-state index >= 15 is 0 Å². The monoisotopic (exact) mass is 278 g/mol. The molecule has 0 heterocycles. The second-order valence-corrected chi connectivity index (χ2v) is 5.07. The second-order valence-electron chi connectivity index (χ2n) is 5.07. The van der Waals surface area contributed by atoms with Crippen molar-refractivity contribution in [1.82, 2.24) is 5.32 Å². The molecule has 0 aromatic heterocycles. The fraction of sp³-hybridized carbons (Fsp3) is 0.467. The molecule has 0 radical (unpaired) electrons. The molecule has 1 aromatic rings. The second kappa shape index (κ2) is 8.19. The number of benzene rings is 1. The molecule has 20 heavy (non-hydrogen) atoms. The maximum absolute atomic E-state index is 11.6. The summed E-state index contributed by atoms with van der Waals surface area (Å²) in [6.07, 6.45) is 0.978. The van der Waals surface area contributed by atoms with Gasteiger partial charge in [-0.05, 0) is 24.0 Å². The highest BCUT2D eigenvalue weighted by Crippen LogP contribution is 2.11. The summed E-state index contributed by atoms with van der Waals surface area (Å²) in [5, 5.41) is 2.70. The first-order valence-corrected chi connectivity index (χ1v) is 6.74. The summed E-state index contributed by atoms with van der Waals surface area (Å²) in [7, 11) is 0. The molecule has 0 spiro atoms. The number of rotatable bonds is 7. The van der Waals surface area contributed by atoms with E-state index in [4.69, 9.17) is 10.5 Å². The molecule has 0 fully saturated rings. The molecule has 0 aliphatic heterocycles. The zero-order valence-corrected chi connectivity index (χ0v) is 12.0. The van der Waals surface area contributed by atoms with Crippen molar-refractivity contribution in [3.8, 4) is 0 Å². The van der Waals surface area contributed by atoms with Gasteiger partial charge in [-0.25, -0.2) is 0 Å². The Balaban J connectivity index is 2.26. The minimum Gasteiger partial charge on any atom is -0.455 e. The predicted octanol–water partition coefficient (Wildman–Crippen LogP) is 1.52. The lowest BCUT2D eigenvalue weighted by Gasteiger charge is -2.08. The van der Waals surface area contributed by atoms with Gasteiger partial charge in [0.15, 0.2) is 6.61 Å². The van der Waals surface area contributed by atoms with Gasteiger partial charge in [0.25, 0.3) is 5.91 Å². The van der Waals surface area contributed by atoms with E-state index < -0.39 is 5.97 Å². The molecule has 0 aliphatic carbocycles. The quantitative estimate of drug-likeness (QED) is 0.585. The van der Waals surface area contributed by atoms with E-state index in [-0.39, 0.29) is 18.9 Å². The van der Waals surface area contributed by atoms with Gasteiger partial charge in [0.2, 0.25) is 0 Å². The van der Waals surface area contributed by atoms with Crippen LogP contribution in [0.1, 0.15) is 25.8 Å². The first-order chi connectivity index (χ1) is 9.49. The number of para-hydroxylation sites is 1. The van der Waals surface area contributed by atoms with E-state index in [1.807, 2.05) is 0 Å². The predicted molar refractivity (Wildman–Crippen MR) is 78.0 cm³/mol. The van der Waals surface area contributed by atoms with Gasteiger partial charge in [-0.1, -0.05) is 32.0 Å². The zero-order chi connectivity index (χ0) is 15.0. The molecule has 5 nitrogen and oxygen atoms in total. The summed E-state index contributed by atoms with van der Waals surface area (Å²) >= 11 is 0. The van der Waals surface area contributed by atoms with Gasteiger partial charge in [-0.15, -0.1) is 0 Å². The lowest BCUT2D eigenvalue weighted by Crippen LogP contribution is -2.30. The summed E-state index contributed by atoms with van der Waals surface area (Å²) in [6.45, 7) is 4.51. The van der Waals surface area contributed by atoms with Crippen molar-refractivity contribution in [3.63, 3.8) is 0 Å². The molecule has 0 saturated carbocycles. The number of carbonyl (C=O) groups excluding carboxylic acids is 2. The molecule has 1 amide bonds. The Morgan fingerprint density at radius 1 is 1.30 bits per heavy atom. The van der Waals surface area contributed by atoms with Crippen molar-refractivity contribution in [1.29, 1.82) is 0 Å². The summed E-state index contributed by atoms with van der Waals surface area (Å²) in [4.78, 5) is 23.0. The maximum Gasteiger partial charge on any atom is 0.310 e. The smallest absolute Gasteiger partial charge is 0.310 e. The Hall–Kier alpha value is -2.04. The largest absolute Gasteiger partial charge is 0.455 e. The summed E-state index contributed by atoms with van der Waals surface area (Å²) in [5.74, 6) is -0.208. The highest BCUT2D eigenvalue weighted by Gasteiger charge is 2.10. The third-order valence-corrected chi connectivity index (χ3v) is 2.80. The number of ether oxygens (including phenoxy) is 1. The number of hydrogen-bond donors (Lipinski definition) is 2. The molecule has 1 rings (SSSR count). The number of amides is 1. The number of nitrogens with one attached hydrogen (secondary N) is 1. The van der Waals surface area contributed by atoms with Crippen LogP contribution in [0.5, 0.6) is 0 Å². The molecule has 0 saturated heterocycles. The fourth-order valence-electron chi connectivity index (χ4n) is 1.60. The summed E-state index contributed by atoms with van der Waals surface area (Å²) in [5.41, 5.74) is 6.99. The van der Waals surface area contributed by atoms with Crippen LogP contribution >= 0.6 is 0 Å². The lowest BCUT2D eigenvalue weighted by molar-refractivity contribution is -0.147. The zero-order valence-electron chi connectivity index (χ0n) is 12.0. The topological polar surface area (TPSA) is 81.4 Å². The average molecular weight is 278 g/mol. The van der Waals surface area contributed by atoms with Crippen molar-refractivity contribution in [2.45, 2.75) is 26.7 Å². The molecule has 3 N–H and O–H groups in total. The van der Waals surface area contributed by atoms with E-state index in [0.717, 1.165) is 6.42 Å². The Morgan fingerprint density at radius 3 is 2.65 bits per heavy atom. The number of esters is 1. The van der Waals surface area contributed by atoms with Crippen LogP contribution in [0.25, 0.3) is 0 Å². The Morgan fingerprint density at radius 2 is 2.00 bits per heavy atom. The lowest BCUT2D eigenvalue weighted by atomic mass is 10.1. The van der Waals surface area contributed by atoms with Gasteiger partial charge in [0.1, 0.15) is 0 Å². The Kier molecular flexibility index (Phi) is 6.56. The van der Waals surface area contributed by atoms with Crippen molar-refractivity contribution in [3.05, 3.63) is 29.8 Å². The molecule has 5 heteroatoms. The molecule has 0 unspecified atom stereocenters. The summed E-state index contributed by atoms with van der Waals surface area (Å²) in [6, 6.07) is 7.09. The molecule has 0 bridgehead atoms. The molecule has 110 valence electrons. The first-order valence-electron chi connectivity index (χ1n) is 6.74. The third-order valence-electron chi connectivity index (χ3n) is 2.80. The molecule has 1 aromatic carbocycles. The fourth-order valence-corrected chi connectivity index (χ4v) is 1.60. The van der Waals surface area contributed by atoms with Crippen molar-refractivity contribution >= 4 is 17.6 Å². The SMILES string of the molecule is CC(C)CCNC(=O)COC(=O)Cc1ccccc1N. The van der Waals surface area contributed by atoms with Crippen LogP contribution in [0.15, 0.2) is 24.3 Å². The highest BCUT2D eigenvalue weighted by molar-refractivity contribution is 5.81. The van der Waals surface area contributed by atoms with Gasteiger partial charge < -0.3 is 15.8 Å². The normalized spacial score (nSPS) is 10.3. The summed E-state index contributed by atoms with van der Waals surface area (Å²) < 4.78 is 4.91. The minimum absolute atomic E-state index is 0.0753. The van der Waals surface area contributed by atoms with Crippen molar-refractivity contribution < 1.29 is 14.3 Å². The number of nitrogen functional groups attached to an aromatic ring is 1. The Labute approximate surface area is 119 Å². The Bertz CT molecular complexity index is 458. The van der Waals surface area contributed by atoms with Crippen LogP contribution < -0.4 is 11.1 Å². The maximum atomic E-state index is 11.6.